The Bertz CT molecular complexity index is 503. The predicted molar refractivity (Wildman–Crippen MR) is 94.8 cm³/mol. The van der Waals surface area contributed by atoms with Crippen LogP contribution >= 0.6 is 11.3 Å². The third-order valence-electron chi connectivity index (χ3n) is 3.88. The molecule has 1 aromatic carbocycles. The molecule has 1 unspecified atom stereocenters. The minimum Gasteiger partial charge on any atom is -0.309 e. The molecule has 0 bridgehead atoms. The van der Waals surface area contributed by atoms with E-state index in [1.54, 1.807) is 0 Å². The van der Waals surface area contributed by atoms with E-state index in [0.29, 0.717) is 6.04 Å². The number of benzene rings is 1. The van der Waals surface area contributed by atoms with Crippen LogP contribution in [0.15, 0.2) is 41.8 Å². The van der Waals surface area contributed by atoms with Gasteiger partial charge in [-0.1, -0.05) is 62.9 Å². The van der Waals surface area contributed by atoms with Gasteiger partial charge in [0.2, 0.25) is 0 Å². The lowest BCUT2D eigenvalue weighted by Crippen LogP contribution is -2.24. The number of thiophene rings is 1. The molecule has 0 saturated heterocycles. The normalized spacial score (nSPS) is 12.5. The second-order valence-electron chi connectivity index (χ2n) is 5.80. The van der Waals surface area contributed by atoms with Crippen molar-refractivity contribution < 1.29 is 0 Å². The van der Waals surface area contributed by atoms with Crippen LogP contribution < -0.4 is 5.32 Å². The van der Waals surface area contributed by atoms with E-state index in [1.165, 1.54) is 48.1 Å². The van der Waals surface area contributed by atoms with Crippen molar-refractivity contribution in [3.63, 3.8) is 0 Å². The highest BCUT2D eigenvalue weighted by atomic mass is 32.1. The first-order valence-electron chi connectivity index (χ1n) is 8.16. The van der Waals surface area contributed by atoms with Gasteiger partial charge in [-0.25, -0.2) is 0 Å². The van der Waals surface area contributed by atoms with Crippen LogP contribution in [0, 0.1) is 0 Å². The predicted octanol–water partition coefficient (Wildman–Crippen LogP) is 5.86. The number of rotatable bonds is 9. The molecule has 0 saturated carbocycles. The second-order valence-corrected chi connectivity index (χ2v) is 6.79. The van der Waals surface area contributed by atoms with Gasteiger partial charge in [0.15, 0.2) is 0 Å². The number of hydrogen-bond acceptors (Lipinski definition) is 2. The van der Waals surface area contributed by atoms with Crippen molar-refractivity contribution in [1.82, 2.24) is 5.32 Å². The van der Waals surface area contributed by atoms with Crippen LogP contribution in [0.3, 0.4) is 0 Å². The minimum atomic E-state index is 0.615. The van der Waals surface area contributed by atoms with Gasteiger partial charge in [-0.2, -0.15) is 0 Å². The summed E-state index contributed by atoms with van der Waals surface area (Å²) in [5.41, 5.74) is 2.65. The lowest BCUT2D eigenvalue weighted by Gasteiger charge is -2.12. The molecule has 1 aromatic heterocycles. The van der Waals surface area contributed by atoms with Crippen molar-refractivity contribution in [3.8, 4) is 11.1 Å². The maximum absolute atomic E-state index is 3.65. The minimum absolute atomic E-state index is 0.615. The Hall–Kier alpha value is -1.12. The van der Waals surface area contributed by atoms with Gasteiger partial charge in [0.05, 0.1) is 0 Å². The molecule has 2 rings (SSSR count). The van der Waals surface area contributed by atoms with Gasteiger partial charge in [0.25, 0.3) is 0 Å². The summed E-state index contributed by atoms with van der Waals surface area (Å²) in [7, 11) is 0. The lowest BCUT2D eigenvalue weighted by atomic mass is 10.1. The summed E-state index contributed by atoms with van der Waals surface area (Å²) in [6, 6.07) is 13.6. The van der Waals surface area contributed by atoms with Gasteiger partial charge in [0.1, 0.15) is 0 Å². The molecule has 21 heavy (non-hydrogen) atoms. The molecule has 1 heterocycles. The third-order valence-corrected chi connectivity index (χ3v) is 4.81. The van der Waals surface area contributed by atoms with Crippen molar-refractivity contribution in [2.75, 3.05) is 0 Å². The molecule has 1 atom stereocenters. The number of hydrogen-bond donors (Lipinski definition) is 1. The fraction of sp³-hybridized carbons (Fsp3) is 0.474. The monoisotopic (exact) mass is 301 g/mol. The van der Waals surface area contributed by atoms with Crippen LogP contribution in [-0.4, -0.2) is 6.04 Å². The molecule has 1 N–H and O–H groups in total. The van der Waals surface area contributed by atoms with Crippen LogP contribution in [0.4, 0.5) is 0 Å². The van der Waals surface area contributed by atoms with Gasteiger partial charge >= 0.3 is 0 Å². The van der Waals surface area contributed by atoms with Crippen LogP contribution in [0.5, 0.6) is 0 Å². The molecule has 1 nitrogen and oxygen atoms in total. The van der Waals surface area contributed by atoms with Crippen molar-refractivity contribution in [2.45, 2.75) is 58.5 Å². The molecular formula is C19H27NS. The molecule has 114 valence electrons. The standard InChI is InChI=1S/C19H27NS/c1-3-4-5-7-10-16(2)20-14-19-13-18(15-21-19)17-11-8-6-9-12-17/h6,8-9,11-13,15-16,20H,3-5,7,10,14H2,1-2H3. The van der Waals surface area contributed by atoms with Gasteiger partial charge in [0, 0.05) is 17.5 Å². The van der Waals surface area contributed by atoms with Gasteiger partial charge in [-0.05, 0) is 35.9 Å². The van der Waals surface area contributed by atoms with Crippen molar-refractivity contribution in [2.24, 2.45) is 0 Å². The van der Waals surface area contributed by atoms with E-state index in [-0.39, 0.29) is 0 Å². The quantitative estimate of drug-likeness (QED) is 0.572. The van der Waals surface area contributed by atoms with Crippen LogP contribution in [0.1, 0.15) is 50.8 Å². The zero-order valence-corrected chi connectivity index (χ0v) is 14.1. The summed E-state index contributed by atoms with van der Waals surface area (Å²) in [6.07, 6.45) is 6.70. The highest BCUT2D eigenvalue weighted by Gasteiger charge is 2.05. The van der Waals surface area contributed by atoms with Gasteiger partial charge in [-0.3, -0.25) is 0 Å². The second kappa shape index (κ2) is 9.01. The Morgan fingerprint density at radius 3 is 2.62 bits per heavy atom. The van der Waals surface area contributed by atoms with Crippen LogP contribution in [-0.2, 0) is 6.54 Å². The molecule has 0 amide bonds. The van der Waals surface area contributed by atoms with Crippen molar-refractivity contribution in [3.05, 3.63) is 46.7 Å². The summed E-state index contributed by atoms with van der Waals surface area (Å²) < 4.78 is 0. The molecule has 0 radical (unpaired) electrons. The molecule has 0 aliphatic carbocycles. The van der Waals surface area contributed by atoms with Crippen molar-refractivity contribution in [1.29, 1.82) is 0 Å². The fourth-order valence-corrected chi connectivity index (χ4v) is 3.35. The van der Waals surface area contributed by atoms with E-state index < -0.39 is 0 Å². The Balaban J connectivity index is 1.75. The fourth-order valence-electron chi connectivity index (χ4n) is 2.51. The smallest absolute Gasteiger partial charge is 0.0302 e. The van der Waals surface area contributed by atoms with Crippen LogP contribution in [0.2, 0.25) is 0 Å². The topological polar surface area (TPSA) is 12.0 Å². The van der Waals surface area contributed by atoms with E-state index in [2.05, 4.69) is 60.9 Å². The van der Waals surface area contributed by atoms with Gasteiger partial charge in [-0.15, -0.1) is 11.3 Å². The molecule has 2 aromatic rings. The summed E-state index contributed by atoms with van der Waals surface area (Å²) in [5.74, 6) is 0. The zero-order valence-electron chi connectivity index (χ0n) is 13.3. The van der Waals surface area contributed by atoms with E-state index in [9.17, 15) is 0 Å². The van der Waals surface area contributed by atoms with E-state index in [4.69, 9.17) is 0 Å². The molecule has 0 aliphatic heterocycles. The Labute approximate surface area is 133 Å². The average Bonchev–Trinajstić information content (AvgIpc) is 2.99. The lowest BCUT2D eigenvalue weighted by molar-refractivity contribution is 0.484. The summed E-state index contributed by atoms with van der Waals surface area (Å²) >= 11 is 1.86. The van der Waals surface area contributed by atoms with Crippen molar-refractivity contribution >= 4 is 11.3 Å². The highest BCUT2D eigenvalue weighted by molar-refractivity contribution is 7.10. The maximum atomic E-state index is 3.65. The van der Waals surface area contributed by atoms with E-state index >= 15 is 0 Å². The molecular weight excluding hydrogens is 274 g/mol. The summed E-state index contributed by atoms with van der Waals surface area (Å²) in [5, 5.41) is 5.91. The Kier molecular flexibility index (Phi) is 6.98. The average molecular weight is 301 g/mol. The molecule has 0 spiro atoms. The van der Waals surface area contributed by atoms with E-state index in [1.807, 2.05) is 11.3 Å². The molecule has 0 fully saturated rings. The Morgan fingerprint density at radius 1 is 1.05 bits per heavy atom. The first kappa shape index (κ1) is 16.3. The number of nitrogens with one attached hydrogen (secondary N) is 1. The SMILES string of the molecule is CCCCCCC(C)NCc1cc(-c2ccccc2)cs1. The summed E-state index contributed by atoms with van der Waals surface area (Å²) in [6.45, 7) is 5.56. The van der Waals surface area contributed by atoms with E-state index in [0.717, 1.165) is 6.54 Å². The number of unbranched alkanes of at least 4 members (excludes halogenated alkanes) is 3. The molecule has 2 heteroatoms. The Morgan fingerprint density at radius 2 is 1.86 bits per heavy atom. The first-order chi connectivity index (χ1) is 10.3. The molecule has 0 aliphatic rings. The highest BCUT2D eigenvalue weighted by Crippen LogP contribution is 2.25. The third kappa shape index (κ3) is 5.64. The largest absolute Gasteiger partial charge is 0.309 e. The summed E-state index contributed by atoms with van der Waals surface area (Å²) in [4.78, 5) is 1.43. The van der Waals surface area contributed by atoms with Crippen LogP contribution in [0.25, 0.3) is 11.1 Å². The maximum Gasteiger partial charge on any atom is 0.0302 e. The zero-order chi connectivity index (χ0) is 14.9. The van der Waals surface area contributed by atoms with Gasteiger partial charge < -0.3 is 5.32 Å². The first-order valence-corrected chi connectivity index (χ1v) is 9.03.